The highest BCUT2D eigenvalue weighted by Gasteiger charge is 2.10. The highest BCUT2D eigenvalue weighted by atomic mass is 19.3. The first-order valence-corrected chi connectivity index (χ1v) is 1.85. The molecule has 1 rings (SSSR count). The molecular weight excluding hydrogens is 118 g/mol. The molecule has 0 aliphatic heterocycles. The van der Waals surface area contributed by atoms with E-state index in [2.05, 4.69) is 14.7 Å². The van der Waals surface area contributed by atoms with Gasteiger partial charge in [-0.1, -0.05) is 5.16 Å². The van der Waals surface area contributed by atoms with Gasteiger partial charge in [0, 0.05) is 0 Å². The van der Waals surface area contributed by atoms with Crippen molar-refractivity contribution in [1.29, 1.82) is 0 Å². The van der Waals surface area contributed by atoms with Crippen LogP contribution in [0.1, 0.15) is 12.2 Å². The summed E-state index contributed by atoms with van der Waals surface area (Å²) < 4.78 is 26.9. The van der Waals surface area contributed by atoms with E-state index in [4.69, 9.17) is 0 Å². The zero-order valence-corrected chi connectivity index (χ0v) is 3.71. The van der Waals surface area contributed by atoms with E-state index in [1.54, 1.807) is 0 Å². The number of hydrogen-bond donors (Lipinski definition) is 0. The van der Waals surface area contributed by atoms with Gasteiger partial charge in [-0.3, -0.25) is 0 Å². The van der Waals surface area contributed by atoms with Crippen molar-refractivity contribution in [2.24, 2.45) is 0 Å². The number of aromatic nitrogens is 2. The van der Waals surface area contributed by atoms with E-state index in [9.17, 15) is 8.78 Å². The summed E-state index contributed by atoms with van der Waals surface area (Å²) >= 11 is 0. The number of halogens is 2. The molecule has 0 amide bonds. The van der Waals surface area contributed by atoms with Crippen molar-refractivity contribution in [2.75, 3.05) is 0 Å². The Morgan fingerprint density at radius 2 is 2.38 bits per heavy atom. The van der Waals surface area contributed by atoms with Crippen LogP contribution in [0.4, 0.5) is 8.78 Å². The highest BCUT2D eigenvalue weighted by Crippen LogP contribution is 2.11. The lowest BCUT2D eigenvalue weighted by Gasteiger charge is -1.82. The molecule has 44 valence electrons. The average molecular weight is 120 g/mol. The Hall–Kier alpha value is -1.00. The zero-order chi connectivity index (χ0) is 5.98. The van der Waals surface area contributed by atoms with Crippen LogP contribution in [0.3, 0.4) is 0 Å². The predicted molar refractivity (Wildman–Crippen MR) is 19.3 cm³/mol. The van der Waals surface area contributed by atoms with E-state index in [1.165, 1.54) is 0 Å². The Labute approximate surface area is 43.3 Å². The van der Waals surface area contributed by atoms with E-state index in [1.807, 2.05) is 0 Å². The second kappa shape index (κ2) is 1.85. The molecule has 0 radical (unpaired) electrons. The van der Waals surface area contributed by atoms with Gasteiger partial charge in [0.2, 0.25) is 12.2 Å². The van der Waals surface area contributed by atoms with Crippen LogP contribution in [0.25, 0.3) is 0 Å². The van der Waals surface area contributed by atoms with Gasteiger partial charge in [0.05, 0.1) is 0 Å². The Balaban J connectivity index is 2.77. The summed E-state index contributed by atoms with van der Waals surface area (Å²) in [5.74, 6) is -0.565. The molecule has 1 aromatic heterocycles. The average Bonchev–Trinajstić information content (AvgIpc) is 2.12. The normalized spacial score (nSPS) is 10.4. The maximum atomic E-state index is 11.4. The summed E-state index contributed by atoms with van der Waals surface area (Å²) in [5.41, 5.74) is 0. The maximum Gasteiger partial charge on any atom is 0.300 e. The fourth-order valence-electron chi connectivity index (χ4n) is 0.275. The third-order valence-corrected chi connectivity index (χ3v) is 0.574. The number of rotatable bonds is 1. The first-order chi connectivity index (χ1) is 3.80. The lowest BCUT2D eigenvalue weighted by atomic mass is 10.7. The molecule has 0 bridgehead atoms. The minimum atomic E-state index is -2.63. The molecule has 1 aromatic rings. The number of nitrogens with zero attached hydrogens (tertiary/aromatic N) is 2. The van der Waals surface area contributed by atoms with E-state index in [0.717, 1.165) is 6.39 Å². The van der Waals surface area contributed by atoms with E-state index < -0.39 is 12.2 Å². The third kappa shape index (κ3) is 0.800. The molecule has 3 nitrogen and oxygen atoms in total. The summed E-state index contributed by atoms with van der Waals surface area (Å²) in [5, 5.41) is 2.88. The van der Waals surface area contributed by atoms with Gasteiger partial charge in [-0.25, -0.2) is 8.78 Å². The topological polar surface area (TPSA) is 38.9 Å². The van der Waals surface area contributed by atoms with Crippen LogP contribution in [0.5, 0.6) is 0 Å². The molecule has 0 saturated carbocycles. The van der Waals surface area contributed by atoms with Crippen LogP contribution in [0.15, 0.2) is 10.9 Å². The van der Waals surface area contributed by atoms with Gasteiger partial charge in [0.1, 0.15) is 0 Å². The molecule has 0 aliphatic carbocycles. The van der Waals surface area contributed by atoms with Crippen molar-refractivity contribution in [3.63, 3.8) is 0 Å². The molecule has 0 aromatic carbocycles. The van der Waals surface area contributed by atoms with Gasteiger partial charge >= 0.3 is 6.43 Å². The van der Waals surface area contributed by atoms with Crippen LogP contribution >= 0.6 is 0 Å². The Morgan fingerprint density at radius 3 is 2.62 bits per heavy atom. The van der Waals surface area contributed by atoms with Crippen molar-refractivity contribution < 1.29 is 13.3 Å². The summed E-state index contributed by atoms with van der Waals surface area (Å²) in [6.45, 7) is 0. The standard InChI is InChI=1S/C3H2F2N2O/c4-2(5)3-6-1-8-7-3/h1-2H. The third-order valence-electron chi connectivity index (χ3n) is 0.574. The molecule has 1 heterocycles. The molecular formula is C3H2F2N2O. The number of alkyl halides is 2. The maximum absolute atomic E-state index is 11.4. The molecule has 0 atom stereocenters. The van der Waals surface area contributed by atoms with Crippen molar-refractivity contribution in [1.82, 2.24) is 10.1 Å². The van der Waals surface area contributed by atoms with Crippen molar-refractivity contribution >= 4 is 0 Å². The molecule has 0 aliphatic rings. The Morgan fingerprint density at radius 1 is 1.62 bits per heavy atom. The minimum Gasteiger partial charge on any atom is -0.343 e. The van der Waals surface area contributed by atoms with Gasteiger partial charge < -0.3 is 4.52 Å². The SMILES string of the molecule is FC(F)c1ncon1. The lowest BCUT2D eigenvalue weighted by Crippen LogP contribution is -1.84. The van der Waals surface area contributed by atoms with E-state index in [0.29, 0.717) is 0 Å². The quantitative estimate of drug-likeness (QED) is 0.555. The van der Waals surface area contributed by atoms with Gasteiger partial charge in [-0.05, 0) is 0 Å². The fraction of sp³-hybridized carbons (Fsp3) is 0.333. The highest BCUT2D eigenvalue weighted by molar-refractivity contribution is 4.77. The minimum absolute atomic E-state index is 0.565. The van der Waals surface area contributed by atoms with Gasteiger partial charge in [0.25, 0.3) is 0 Å². The summed E-state index contributed by atoms with van der Waals surface area (Å²) in [6.07, 6.45) is -1.77. The van der Waals surface area contributed by atoms with Crippen molar-refractivity contribution in [2.45, 2.75) is 6.43 Å². The smallest absolute Gasteiger partial charge is 0.300 e. The van der Waals surface area contributed by atoms with Crippen LogP contribution in [0, 0.1) is 0 Å². The second-order valence-corrected chi connectivity index (χ2v) is 1.09. The van der Waals surface area contributed by atoms with Crippen LogP contribution in [-0.4, -0.2) is 10.1 Å². The van der Waals surface area contributed by atoms with Crippen LogP contribution in [0.2, 0.25) is 0 Å². The van der Waals surface area contributed by atoms with E-state index in [-0.39, 0.29) is 0 Å². The molecule has 8 heavy (non-hydrogen) atoms. The van der Waals surface area contributed by atoms with Gasteiger partial charge in [-0.2, -0.15) is 4.98 Å². The van der Waals surface area contributed by atoms with Gasteiger partial charge in [-0.15, -0.1) is 0 Å². The molecule has 5 heteroatoms. The summed E-state index contributed by atoms with van der Waals surface area (Å²) in [6, 6.07) is 0. The largest absolute Gasteiger partial charge is 0.343 e. The Kier molecular flexibility index (Phi) is 1.19. The molecule has 0 spiro atoms. The predicted octanol–water partition coefficient (Wildman–Crippen LogP) is 1.01. The van der Waals surface area contributed by atoms with Crippen molar-refractivity contribution in [3.05, 3.63) is 12.2 Å². The first-order valence-electron chi connectivity index (χ1n) is 1.85. The lowest BCUT2D eigenvalue weighted by molar-refractivity contribution is 0.136. The monoisotopic (exact) mass is 120 g/mol. The molecule has 0 unspecified atom stereocenters. The summed E-state index contributed by atoms with van der Waals surface area (Å²) in [7, 11) is 0. The molecule has 0 fully saturated rings. The van der Waals surface area contributed by atoms with Crippen LogP contribution in [-0.2, 0) is 0 Å². The Bertz CT molecular complexity index is 150. The molecule has 0 N–H and O–H groups in total. The van der Waals surface area contributed by atoms with Crippen LogP contribution < -0.4 is 0 Å². The van der Waals surface area contributed by atoms with Crippen molar-refractivity contribution in [3.8, 4) is 0 Å². The van der Waals surface area contributed by atoms with Gasteiger partial charge in [0.15, 0.2) is 0 Å². The number of hydrogen-bond acceptors (Lipinski definition) is 3. The zero-order valence-electron chi connectivity index (χ0n) is 3.71. The molecule has 0 saturated heterocycles. The summed E-state index contributed by atoms with van der Waals surface area (Å²) in [4.78, 5) is 3.09. The second-order valence-electron chi connectivity index (χ2n) is 1.09. The van der Waals surface area contributed by atoms with E-state index >= 15 is 0 Å². The first kappa shape index (κ1) is 5.14. The fourth-order valence-corrected chi connectivity index (χ4v) is 0.275.